The lowest BCUT2D eigenvalue weighted by molar-refractivity contribution is -0.120. The molecule has 1 aliphatic heterocycles. The number of imide groups is 1. The van der Waals surface area contributed by atoms with E-state index < -0.39 is 11.8 Å². The van der Waals surface area contributed by atoms with Gasteiger partial charge in [0, 0.05) is 11.3 Å². The summed E-state index contributed by atoms with van der Waals surface area (Å²) in [4.78, 5) is 28.6. The predicted octanol–water partition coefficient (Wildman–Crippen LogP) is 5.50. The highest BCUT2D eigenvalue weighted by Crippen LogP contribution is 2.38. The predicted molar refractivity (Wildman–Crippen MR) is 134 cm³/mol. The highest BCUT2D eigenvalue weighted by molar-refractivity contribution is 6.46. The Hall–Kier alpha value is -4.06. The fourth-order valence-electron chi connectivity index (χ4n) is 4.09. The van der Waals surface area contributed by atoms with Crippen LogP contribution in [0.4, 0.5) is 11.4 Å². The van der Waals surface area contributed by atoms with Crippen LogP contribution in [-0.4, -0.2) is 25.0 Å². The Kier molecular flexibility index (Phi) is 6.41. The Bertz CT molecular complexity index is 1260. The summed E-state index contributed by atoms with van der Waals surface area (Å²) in [7, 11) is 1.54. The summed E-state index contributed by atoms with van der Waals surface area (Å²) in [6.07, 6.45) is 0.0547. The smallest absolute Gasteiger partial charge is 0.282 e. The van der Waals surface area contributed by atoms with Gasteiger partial charge in [-0.05, 0) is 81.3 Å². The fourth-order valence-corrected chi connectivity index (χ4v) is 4.09. The van der Waals surface area contributed by atoms with Gasteiger partial charge in [-0.15, -0.1) is 0 Å². The largest absolute Gasteiger partial charge is 0.496 e. The van der Waals surface area contributed by atoms with E-state index in [-0.39, 0.29) is 17.4 Å². The SMILES string of the molecule is COc1ccccc1C1=C(Nc2ccc(OC(C)C)cc2)C(=O)N(c2cc(C)cc(C)c2)C1=O. The summed E-state index contributed by atoms with van der Waals surface area (Å²) >= 11 is 0. The van der Waals surface area contributed by atoms with Crippen LogP contribution >= 0.6 is 0 Å². The second-order valence-electron chi connectivity index (χ2n) is 8.56. The minimum atomic E-state index is -0.418. The molecule has 0 unspecified atom stereocenters. The van der Waals surface area contributed by atoms with Gasteiger partial charge in [-0.1, -0.05) is 24.3 Å². The Morgan fingerprint density at radius 1 is 0.853 bits per heavy atom. The Balaban J connectivity index is 1.80. The summed E-state index contributed by atoms with van der Waals surface area (Å²) in [6, 6.07) is 20.2. The van der Waals surface area contributed by atoms with Gasteiger partial charge in [-0.2, -0.15) is 0 Å². The number of hydrogen-bond donors (Lipinski definition) is 1. The van der Waals surface area contributed by atoms with Crippen molar-refractivity contribution in [1.29, 1.82) is 0 Å². The van der Waals surface area contributed by atoms with E-state index in [1.54, 1.807) is 19.2 Å². The fraction of sp³-hybridized carbons (Fsp3) is 0.214. The molecule has 3 aromatic rings. The highest BCUT2D eigenvalue weighted by Gasteiger charge is 2.41. The second kappa shape index (κ2) is 9.43. The number of ether oxygens (including phenoxy) is 2. The van der Waals surface area contributed by atoms with E-state index in [4.69, 9.17) is 9.47 Å². The Labute approximate surface area is 199 Å². The zero-order chi connectivity index (χ0) is 24.4. The van der Waals surface area contributed by atoms with Crippen LogP contribution in [0.5, 0.6) is 11.5 Å². The first-order valence-corrected chi connectivity index (χ1v) is 11.2. The van der Waals surface area contributed by atoms with Crippen LogP contribution < -0.4 is 19.7 Å². The van der Waals surface area contributed by atoms with Gasteiger partial charge in [0.05, 0.1) is 24.5 Å². The normalized spacial score (nSPS) is 13.6. The van der Waals surface area contributed by atoms with E-state index in [0.29, 0.717) is 22.7 Å². The molecule has 1 heterocycles. The summed E-state index contributed by atoms with van der Waals surface area (Å²) < 4.78 is 11.2. The average Bonchev–Trinajstić information content (AvgIpc) is 3.03. The third-order valence-electron chi connectivity index (χ3n) is 5.42. The first kappa shape index (κ1) is 23.1. The number of rotatable bonds is 7. The number of carbonyl (C=O) groups is 2. The van der Waals surface area contributed by atoms with E-state index in [1.165, 1.54) is 4.90 Å². The van der Waals surface area contributed by atoms with E-state index >= 15 is 0 Å². The van der Waals surface area contributed by atoms with Crippen molar-refractivity contribution in [1.82, 2.24) is 0 Å². The molecular formula is C28H28N2O4. The van der Waals surface area contributed by atoms with Crippen molar-refractivity contribution >= 4 is 28.8 Å². The number of hydrogen-bond acceptors (Lipinski definition) is 5. The number of nitrogens with one attached hydrogen (secondary N) is 1. The van der Waals surface area contributed by atoms with Gasteiger partial charge in [0.1, 0.15) is 17.2 Å². The monoisotopic (exact) mass is 456 g/mol. The molecule has 1 N–H and O–H groups in total. The van der Waals surface area contributed by atoms with Crippen LogP contribution in [0, 0.1) is 13.8 Å². The van der Waals surface area contributed by atoms with Crippen molar-refractivity contribution in [2.24, 2.45) is 0 Å². The molecule has 0 bridgehead atoms. The van der Waals surface area contributed by atoms with Gasteiger partial charge >= 0.3 is 0 Å². The Morgan fingerprint density at radius 2 is 1.50 bits per heavy atom. The molecular weight excluding hydrogens is 428 g/mol. The van der Waals surface area contributed by atoms with Gasteiger partial charge in [0.2, 0.25) is 0 Å². The first-order chi connectivity index (χ1) is 16.3. The van der Waals surface area contributed by atoms with Crippen LogP contribution in [0.25, 0.3) is 5.57 Å². The number of amides is 2. The number of anilines is 2. The summed E-state index contributed by atoms with van der Waals surface area (Å²) in [5, 5.41) is 3.19. The van der Waals surface area contributed by atoms with E-state index in [1.807, 2.05) is 82.3 Å². The molecule has 2 amide bonds. The topological polar surface area (TPSA) is 67.9 Å². The van der Waals surface area contributed by atoms with Gasteiger partial charge in [0.15, 0.2) is 0 Å². The van der Waals surface area contributed by atoms with Crippen molar-refractivity contribution in [3.05, 3.63) is 89.1 Å². The van der Waals surface area contributed by atoms with Gasteiger partial charge in [0.25, 0.3) is 11.8 Å². The lowest BCUT2D eigenvalue weighted by Crippen LogP contribution is -2.32. The number of nitrogens with zero attached hydrogens (tertiary/aromatic N) is 1. The van der Waals surface area contributed by atoms with Crippen LogP contribution in [0.3, 0.4) is 0 Å². The van der Waals surface area contributed by atoms with Crippen molar-refractivity contribution in [2.75, 3.05) is 17.3 Å². The molecule has 0 aromatic heterocycles. The van der Waals surface area contributed by atoms with Gasteiger partial charge in [-0.3, -0.25) is 9.59 Å². The molecule has 0 radical (unpaired) electrons. The number of aryl methyl sites for hydroxylation is 2. The molecule has 3 aromatic carbocycles. The number of methoxy groups -OCH3 is 1. The third-order valence-corrected chi connectivity index (χ3v) is 5.42. The van der Waals surface area contributed by atoms with Crippen molar-refractivity contribution in [3.8, 4) is 11.5 Å². The maximum absolute atomic E-state index is 13.7. The molecule has 1 aliphatic rings. The van der Waals surface area contributed by atoms with E-state index in [2.05, 4.69) is 5.32 Å². The molecule has 0 fully saturated rings. The molecule has 0 saturated heterocycles. The molecule has 0 atom stereocenters. The number of benzene rings is 3. The minimum absolute atomic E-state index is 0.0547. The molecule has 0 spiro atoms. The second-order valence-corrected chi connectivity index (χ2v) is 8.56. The van der Waals surface area contributed by atoms with Crippen LogP contribution in [-0.2, 0) is 9.59 Å². The van der Waals surface area contributed by atoms with E-state index in [0.717, 1.165) is 16.9 Å². The average molecular weight is 457 g/mol. The van der Waals surface area contributed by atoms with Crippen molar-refractivity contribution in [3.63, 3.8) is 0 Å². The van der Waals surface area contributed by atoms with Crippen LogP contribution in [0.1, 0.15) is 30.5 Å². The van der Waals surface area contributed by atoms with Crippen molar-refractivity contribution < 1.29 is 19.1 Å². The molecule has 4 rings (SSSR count). The summed E-state index contributed by atoms with van der Waals surface area (Å²) in [6.45, 7) is 7.80. The quantitative estimate of drug-likeness (QED) is 0.476. The van der Waals surface area contributed by atoms with Gasteiger partial charge < -0.3 is 14.8 Å². The Morgan fingerprint density at radius 3 is 2.12 bits per heavy atom. The van der Waals surface area contributed by atoms with Crippen LogP contribution in [0.2, 0.25) is 0 Å². The number of carbonyl (C=O) groups excluding carboxylic acids is 2. The van der Waals surface area contributed by atoms with Gasteiger partial charge in [-0.25, -0.2) is 4.90 Å². The molecule has 6 nitrogen and oxygen atoms in total. The minimum Gasteiger partial charge on any atom is -0.496 e. The lowest BCUT2D eigenvalue weighted by Gasteiger charge is -2.17. The molecule has 174 valence electrons. The molecule has 0 saturated carbocycles. The third kappa shape index (κ3) is 4.53. The van der Waals surface area contributed by atoms with E-state index in [9.17, 15) is 9.59 Å². The summed E-state index contributed by atoms with van der Waals surface area (Å²) in [5.74, 6) is 0.422. The molecule has 6 heteroatoms. The zero-order valence-electron chi connectivity index (χ0n) is 20.0. The lowest BCUT2D eigenvalue weighted by atomic mass is 10.0. The molecule has 0 aliphatic carbocycles. The molecule has 34 heavy (non-hydrogen) atoms. The number of para-hydroxylation sites is 1. The first-order valence-electron chi connectivity index (χ1n) is 11.2. The zero-order valence-corrected chi connectivity index (χ0v) is 20.0. The summed E-state index contributed by atoms with van der Waals surface area (Å²) in [5.41, 5.74) is 4.17. The van der Waals surface area contributed by atoms with Crippen LogP contribution in [0.15, 0.2) is 72.4 Å². The maximum Gasteiger partial charge on any atom is 0.282 e. The standard InChI is InChI=1S/C28H28N2O4/c1-17(2)34-22-12-10-20(11-13-22)29-26-25(23-8-6-7-9-24(23)33-5)27(31)30(28(26)32)21-15-18(3)14-19(4)16-21/h6-17,29H,1-5H3. The van der Waals surface area contributed by atoms with Crippen molar-refractivity contribution in [2.45, 2.75) is 33.8 Å². The highest BCUT2D eigenvalue weighted by atomic mass is 16.5. The maximum atomic E-state index is 13.7.